The van der Waals surface area contributed by atoms with Crippen molar-refractivity contribution in [2.45, 2.75) is 38.8 Å². The van der Waals surface area contributed by atoms with Crippen molar-refractivity contribution in [3.05, 3.63) is 71.2 Å². The molecule has 2 fully saturated rings. The van der Waals surface area contributed by atoms with Crippen LogP contribution in [0.1, 0.15) is 31.7 Å². The Bertz CT molecular complexity index is 1200. The van der Waals surface area contributed by atoms with Gasteiger partial charge in [-0.05, 0) is 62.2 Å². The summed E-state index contributed by atoms with van der Waals surface area (Å²) in [5, 5.41) is 7.66. The molecular weight excluding hydrogens is 502 g/mol. The average Bonchev–Trinajstić information content (AvgIpc) is 2.93. The number of hydrogen-bond donors (Lipinski definition) is 2. The molecule has 9 heteroatoms. The van der Waals surface area contributed by atoms with Crippen LogP contribution in [0.5, 0.6) is 0 Å². The number of aromatic nitrogens is 2. The van der Waals surface area contributed by atoms with Gasteiger partial charge in [-0.2, -0.15) is 9.97 Å². The van der Waals surface area contributed by atoms with Crippen molar-refractivity contribution in [2.75, 3.05) is 52.7 Å². The van der Waals surface area contributed by atoms with E-state index in [0.717, 1.165) is 49.9 Å². The lowest BCUT2D eigenvalue weighted by Crippen LogP contribution is -2.47. The van der Waals surface area contributed by atoms with E-state index in [9.17, 15) is 0 Å². The Kier molecular flexibility index (Phi) is 8.26. The van der Waals surface area contributed by atoms with Gasteiger partial charge >= 0.3 is 0 Å². The minimum absolute atomic E-state index is 0.449. The van der Waals surface area contributed by atoms with Crippen molar-refractivity contribution in [1.29, 1.82) is 0 Å². The zero-order valence-corrected chi connectivity index (χ0v) is 22.8. The summed E-state index contributed by atoms with van der Waals surface area (Å²) >= 11 is 11.9. The minimum Gasteiger partial charge on any atom is -0.368 e. The van der Waals surface area contributed by atoms with Gasteiger partial charge < -0.3 is 25.3 Å². The van der Waals surface area contributed by atoms with Crippen molar-refractivity contribution in [2.24, 2.45) is 0 Å². The molecule has 5 rings (SSSR count). The van der Waals surface area contributed by atoms with Crippen LogP contribution in [0.4, 0.5) is 23.3 Å². The molecule has 0 amide bonds. The van der Waals surface area contributed by atoms with Crippen LogP contribution >= 0.6 is 23.8 Å². The van der Waals surface area contributed by atoms with E-state index in [2.05, 4.69) is 68.7 Å². The summed E-state index contributed by atoms with van der Waals surface area (Å²) in [6, 6.07) is 21.0. The molecule has 2 aliphatic heterocycles. The highest BCUT2D eigenvalue weighted by Gasteiger charge is 2.24. The van der Waals surface area contributed by atoms with Crippen LogP contribution in [-0.2, 0) is 6.54 Å². The zero-order chi connectivity index (χ0) is 25.6. The molecule has 0 saturated carbocycles. The molecule has 1 atom stereocenters. The van der Waals surface area contributed by atoms with E-state index in [-0.39, 0.29) is 0 Å². The van der Waals surface area contributed by atoms with Crippen LogP contribution < -0.4 is 25.3 Å². The van der Waals surface area contributed by atoms with Gasteiger partial charge in [-0.1, -0.05) is 48.0 Å². The van der Waals surface area contributed by atoms with Crippen LogP contribution in [0.15, 0.2) is 60.7 Å². The van der Waals surface area contributed by atoms with E-state index in [4.69, 9.17) is 33.8 Å². The smallest absolute Gasteiger partial charge is 0.232 e. The number of anilines is 4. The van der Waals surface area contributed by atoms with Gasteiger partial charge in [0.05, 0.1) is 0 Å². The number of nitrogens with zero attached hydrogens (tertiary/aromatic N) is 5. The maximum absolute atomic E-state index is 6.30. The Morgan fingerprint density at radius 3 is 2.38 bits per heavy atom. The van der Waals surface area contributed by atoms with Crippen molar-refractivity contribution < 1.29 is 0 Å². The summed E-state index contributed by atoms with van der Waals surface area (Å²) in [4.78, 5) is 17.0. The van der Waals surface area contributed by atoms with Crippen molar-refractivity contribution in [3.63, 3.8) is 0 Å². The first-order valence-electron chi connectivity index (χ1n) is 13.1. The highest BCUT2D eigenvalue weighted by molar-refractivity contribution is 7.80. The van der Waals surface area contributed by atoms with E-state index in [1.54, 1.807) is 0 Å². The summed E-state index contributed by atoms with van der Waals surface area (Å²) in [6.45, 7) is 7.51. The number of benzene rings is 2. The topological polar surface area (TPSA) is 59.6 Å². The van der Waals surface area contributed by atoms with Crippen LogP contribution in [0.3, 0.4) is 0 Å². The van der Waals surface area contributed by atoms with Crippen LogP contribution in [0, 0.1) is 0 Å². The fourth-order valence-corrected chi connectivity index (χ4v) is 5.39. The molecule has 2 aliphatic rings. The maximum Gasteiger partial charge on any atom is 0.232 e. The number of hydrogen-bond acceptors (Lipinski definition) is 6. The summed E-state index contributed by atoms with van der Waals surface area (Å²) in [5.74, 6) is 2.42. The highest BCUT2D eigenvalue weighted by Crippen LogP contribution is 2.28. The van der Waals surface area contributed by atoms with Crippen LogP contribution in [0.2, 0.25) is 5.02 Å². The molecule has 0 unspecified atom stereocenters. The number of rotatable bonds is 6. The number of halogens is 1. The van der Waals surface area contributed by atoms with Crippen LogP contribution in [0.25, 0.3) is 0 Å². The van der Waals surface area contributed by atoms with Crippen molar-refractivity contribution in [1.82, 2.24) is 15.3 Å². The highest BCUT2D eigenvalue weighted by atomic mass is 35.5. The van der Waals surface area contributed by atoms with Crippen molar-refractivity contribution >= 4 is 52.2 Å². The quantitative estimate of drug-likeness (QED) is 0.411. The third-order valence-electron chi connectivity index (χ3n) is 7.14. The standard InChI is InChI=1S/C28H34ClN7S/c1-21-9-7-8-14-36(21)26-19-25(35-17-15-34(16-18-35)23-11-3-2-4-12-23)31-27(32-26)33-28(37)30-20-22-10-5-6-13-24(22)29/h2-6,10-13,19,21H,7-9,14-18,20H2,1H3,(H2,30,31,32,33,37)/t21-/m1/s1. The van der Waals surface area contributed by atoms with Gasteiger partial charge in [0.1, 0.15) is 11.6 Å². The Morgan fingerprint density at radius 1 is 0.919 bits per heavy atom. The SMILES string of the molecule is C[C@@H]1CCCCN1c1cc(N2CCN(c3ccccc3)CC2)nc(NC(=S)NCc2ccccc2Cl)n1. The summed E-state index contributed by atoms with van der Waals surface area (Å²) < 4.78 is 0. The van der Waals surface area contributed by atoms with E-state index < -0.39 is 0 Å². The average molecular weight is 536 g/mol. The third kappa shape index (κ3) is 6.43. The van der Waals surface area contributed by atoms with Gasteiger partial charge in [0.25, 0.3) is 0 Å². The largest absolute Gasteiger partial charge is 0.368 e. The maximum atomic E-state index is 6.30. The molecule has 37 heavy (non-hydrogen) atoms. The number of thiocarbonyl (C=S) groups is 1. The number of para-hydroxylation sites is 1. The molecule has 7 nitrogen and oxygen atoms in total. The predicted molar refractivity (Wildman–Crippen MR) is 158 cm³/mol. The fourth-order valence-electron chi connectivity index (χ4n) is 5.02. The number of piperazine rings is 1. The second-order valence-corrected chi connectivity index (χ2v) is 10.5. The molecule has 3 heterocycles. The Morgan fingerprint density at radius 2 is 1.62 bits per heavy atom. The van der Waals surface area contributed by atoms with Crippen LogP contribution in [-0.4, -0.2) is 53.8 Å². The summed E-state index contributed by atoms with van der Waals surface area (Å²) in [5.41, 5.74) is 2.26. The summed E-state index contributed by atoms with van der Waals surface area (Å²) in [6.07, 6.45) is 3.62. The lowest BCUT2D eigenvalue weighted by Gasteiger charge is -2.38. The van der Waals surface area contributed by atoms with E-state index in [1.807, 2.05) is 24.3 Å². The van der Waals surface area contributed by atoms with Gasteiger partial charge in [-0.25, -0.2) is 0 Å². The fraction of sp³-hybridized carbons (Fsp3) is 0.393. The first-order valence-corrected chi connectivity index (χ1v) is 13.8. The molecule has 0 aliphatic carbocycles. The van der Waals surface area contributed by atoms with Gasteiger partial charge in [0, 0.05) is 62.1 Å². The second kappa shape index (κ2) is 12.0. The summed E-state index contributed by atoms with van der Waals surface area (Å²) in [7, 11) is 0. The molecule has 194 valence electrons. The molecule has 3 aromatic rings. The third-order valence-corrected chi connectivity index (χ3v) is 7.76. The first-order chi connectivity index (χ1) is 18.1. The molecule has 0 bridgehead atoms. The lowest BCUT2D eigenvalue weighted by atomic mass is 10.0. The normalized spacial score (nSPS) is 18.0. The van der Waals surface area contributed by atoms with Gasteiger partial charge in [-0.3, -0.25) is 0 Å². The Hall–Kier alpha value is -3.10. The molecule has 2 N–H and O–H groups in total. The van der Waals surface area contributed by atoms with Gasteiger partial charge in [-0.15, -0.1) is 0 Å². The number of piperidine rings is 1. The first kappa shape index (κ1) is 25.5. The zero-order valence-electron chi connectivity index (χ0n) is 21.2. The second-order valence-electron chi connectivity index (χ2n) is 9.65. The molecule has 0 radical (unpaired) electrons. The lowest BCUT2D eigenvalue weighted by molar-refractivity contribution is 0.481. The van der Waals surface area contributed by atoms with E-state index in [0.29, 0.717) is 28.7 Å². The molecule has 1 aromatic heterocycles. The Balaban J connectivity index is 1.32. The monoisotopic (exact) mass is 535 g/mol. The van der Waals surface area contributed by atoms with Gasteiger partial charge in [0.2, 0.25) is 5.95 Å². The molecule has 2 saturated heterocycles. The number of nitrogens with one attached hydrogen (secondary N) is 2. The van der Waals surface area contributed by atoms with E-state index >= 15 is 0 Å². The molecule has 0 spiro atoms. The van der Waals surface area contributed by atoms with Gasteiger partial charge in [0.15, 0.2) is 5.11 Å². The Labute approximate surface area is 229 Å². The minimum atomic E-state index is 0.449. The van der Waals surface area contributed by atoms with Crippen molar-refractivity contribution in [3.8, 4) is 0 Å². The van der Waals surface area contributed by atoms with E-state index in [1.165, 1.54) is 24.9 Å². The molecular formula is C28H34ClN7S. The predicted octanol–water partition coefficient (Wildman–Crippen LogP) is 5.32. The molecule has 2 aromatic carbocycles.